The number of para-hydroxylation sites is 1. The van der Waals surface area contributed by atoms with Crippen molar-refractivity contribution in [1.29, 1.82) is 0 Å². The fraction of sp³-hybridized carbons (Fsp3) is 0.273. The summed E-state index contributed by atoms with van der Waals surface area (Å²) in [4.78, 5) is 18.0. The van der Waals surface area contributed by atoms with Gasteiger partial charge in [-0.15, -0.1) is 0 Å². The van der Waals surface area contributed by atoms with Crippen LogP contribution in [0.4, 0.5) is 0 Å². The Kier molecular flexibility index (Phi) is 2.41. The summed E-state index contributed by atoms with van der Waals surface area (Å²) in [7, 11) is 1.57. The van der Waals surface area contributed by atoms with Gasteiger partial charge in [0, 0.05) is 11.1 Å². The molecule has 2 aromatic rings. The van der Waals surface area contributed by atoms with Crippen LogP contribution in [0.5, 0.6) is 5.75 Å². The molecule has 0 spiro atoms. The predicted molar refractivity (Wildman–Crippen MR) is 58.3 cm³/mol. The summed E-state index contributed by atoms with van der Waals surface area (Å²) in [5.74, 6) is 0.633. The zero-order valence-electron chi connectivity index (χ0n) is 8.70. The first kappa shape index (κ1) is 9.71. The molecular formula is C11H12N2O2. The van der Waals surface area contributed by atoms with Crippen LogP contribution in [-0.4, -0.2) is 17.1 Å². The smallest absolute Gasteiger partial charge is 0.345 e. The largest absolute Gasteiger partial charge is 0.494 e. The lowest BCUT2D eigenvalue weighted by Gasteiger charge is -2.06. The van der Waals surface area contributed by atoms with Gasteiger partial charge in [-0.25, -0.2) is 4.79 Å². The van der Waals surface area contributed by atoms with Crippen molar-refractivity contribution in [3.63, 3.8) is 0 Å². The minimum atomic E-state index is -0.330. The van der Waals surface area contributed by atoms with Crippen molar-refractivity contribution in [3.05, 3.63) is 34.4 Å². The third-order valence-electron chi connectivity index (χ3n) is 2.37. The van der Waals surface area contributed by atoms with Gasteiger partial charge in [0.25, 0.3) is 0 Å². The van der Waals surface area contributed by atoms with Crippen molar-refractivity contribution in [3.8, 4) is 5.75 Å². The van der Waals surface area contributed by atoms with Gasteiger partial charge >= 0.3 is 5.69 Å². The molecule has 0 unspecified atom stereocenters. The number of hydrogen-bond donors (Lipinski definition) is 1. The highest BCUT2D eigenvalue weighted by molar-refractivity contribution is 5.86. The molecule has 0 aliphatic heterocycles. The Morgan fingerprint density at radius 2 is 2.27 bits per heavy atom. The molecule has 1 heterocycles. The average Bonchev–Trinajstić information content (AvgIpc) is 2.27. The van der Waals surface area contributed by atoms with Crippen LogP contribution in [0.3, 0.4) is 0 Å². The number of rotatable bonds is 2. The molecule has 0 saturated heterocycles. The summed E-state index contributed by atoms with van der Waals surface area (Å²) in [5.41, 5.74) is 1.19. The van der Waals surface area contributed by atoms with E-state index >= 15 is 0 Å². The van der Waals surface area contributed by atoms with Crippen molar-refractivity contribution in [2.24, 2.45) is 0 Å². The van der Waals surface area contributed by atoms with E-state index in [4.69, 9.17) is 4.74 Å². The molecule has 2 rings (SSSR count). The third-order valence-corrected chi connectivity index (χ3v) is 2.37. The number of benzene rings is 1. The number of hydrogen-bond acceptors (Lipinski definition) is 3. The Bertz CT molecular complexity index is 546. The van der Waals surface area contributed by atoms with E-state index in [1.54, 1.807) is 13.2 Å². The number of aromatic nitrogens is 2. The summed E-state index contributed by atoms with van der Waals surface area (Å²) < 4.78 is 5.17. The van der Waals surface area contributed by atoms with Gasteiger partial charge in [0.1, 0.15) is 11.3 Å². The molecule has 0 bridgehead atoms. The van der Waals surface area contributed by atoms with Gasteiger partial charge in [-0.1, -0.05) is 19.1 Å². The van der Waals surface area contributed by atoms with Crippen molar-refractivity contribution in [2.45, 2.75) is 13.3 Å². The predicted octanol–water partition coefficient (Wildman–Crippen LogP) is 1.49. The minimum Gasteiger partial charge on any atom is -0.494 e. The van der Waals surface area contributed by atoms with Gasteiger partial charge in [0.2, 0.25) is 0 Å². The molecule has 4 nitrogen and oxygen atoms in total. The zero-order valence-corrected chi connectivity index (χ0v) is 8.70. The van der Waals surface area contributed by atoms with Gasteiger partial charge < -0.3 is 9.72 Å². The normalized spacial score (nSPS) is 10.5. The molecule has 1 aromatic carbocycles. The van der Waals surface area contributed by atoms with Crippen LogP contribution in [0, 0.1) is 0 Å². The molecular weight excluding hydrogens is 192 g/mol. The number of methoxy groups -OCH3 is 1. The Morgan fingerprint density at radius 1 is 1.47 bits per heavy atom. The molecule has 1 aromatic heterocycles. The first-order chi connectivity index (χ1) is 7.26. The first-order valence-corrected chi connectivity index (χ1v) is 4.82. The van der Waals surface area contributed by atoms with Gasteiger partial charge in [-0.05, 0) is 12.5 Å². The Morgan fingerprint density at radius 3 is 2.93 bits per heavy atom. The number of ether oxygens (including phenoxy) is 1. The lowest BCUT2D eigenvalue weighted by atomic mass is 10.1. The zero-order chi connectivity index (χ0) is 10.8. The van der Waals surface area contributed by atoms with Gasteiger partial charge in [0.05, 0.1) is 7.11 Å². The number of aryl methyl sites for hydroxylation is 1. The van der Waals surface area contributed by atoms with Crippen LogP contribution in [0.15, 0.2) is 23.0 Å². The fourth-order valence-electron chi connectivity index (χ4n) is 1.65. The molecule has 0 fully saturated rings. The third kappa shape index (κ3) is 1.58. The number of nitrogens with one attached hydrogen (secondary N) is 1. The van der Waals surface area contributed by atoms with Crippen LogP contribution in [-0.2, 0) is 6.42 Å². The van der Waals surface area contributed by atoms with Crippen LogP contribution >= 0.6 is 0 Å². The van der Waals surface area contributed by atoms with E-state index in [2.05, 4.69) is 9.97 Å². The molecule has 4 heteroatoms. The van der Waals surface area contributed by atoms with Crippen LogP contribution in [0.2, 0.25) is 0 Å². The van der Waals surface area contributed by atoms with E-state index in [9.17, 15) is 4.79 Å². The highest BCUT2D eigenvalue weighted by Gasteiger charge is 2.07. The molecule has 0 atom stereocenters. The maximum atomic E-state index is 11.3. The highest BCUT2D eigenvalue weighted by atomic mass is 16.5. The van der Waals surface area contributed by atoms with E-state index < -0.39 is 0 Å². The van der Waals surface area contributed by atoms with E-state index in [1.807, 2.05) is 19.1 Å². The first-order valence-electron chi connectivity index (χ1n) is 4.82. The maximum absolute atomic E-state index is 11.3. The van der Waals surface area contributed by atoms with Gasteiger partial charge in [-0.3, -0.25) is 0 Å². The summed E-state index contributed by atoms with van der Waals surface area (Å²) in [5, 5.41) is 0.941. The second-order valence-electron chi connectivity index (χ2n) is 3.23. The highest BCUT2D eigenvalue weighted by Crippen LogP contribution is 2.23. The number of H-pyrrole nitrogens is 1. The number of aromatic amines is 1. The molecule has 0 aliphatic rings. The Hall–Kier alpha value is -1.84. The van der Waals surface area contributed by atoms with E-state index in [-0.39, 0.29) is 5.69 Å². The van der Waals surface area contributed by atoms with Crippen molar-refractivity contribution < 1.29 is 4.74 Å². The van der Waals surface area contributed by atoms with Crippen molar-refractivity contribution in [2.75, 3.05) is 7.11 Å². The van der Waals surface area contributed by atoms with Gasteiger partial charge in [0.15, 0.2) is 0 Å². The SMILES string of the molecule is CCc1[nH]c(=O)nc2c(OC)cccc12. The fourth-order valence-corrected chi connectivity index (χ4v) is 1.65. The summed E-state index contributed by atoms with van der Waals surface area (Å²) in [6, 6.07) is 5.62. The quantitative estimate of drug-likeness (QED) is 0.806. The molecule has 0 aliphatic carbocycles. The molecule has 1 N–H and O–H groups in total. The van der Waals surface area contributed by atoms with Crippen LogP contribution in [0.1, 0.15) is 12.6 Å². The topological polar surface area (TPSA) is 55.0 Å². The summed E-state index contributed by atoms with van der Waals surface area (Å²) >= 11 is 0. The maximum Gasteiger partial charge on any atom is 0.345 e. The monoisotopic (exact) mass is 204 g/mol. The van der Waals surface area contributed by atoms with Crippen LogP contribution < -0.4 is 10.4 Å². The Balaban J connectivity index is 2.88. The van der Waals surface area contributed by atoms with Gasteiger partial charge in [-0.2, -0.15) is 4.98 Å². The van der Waals surface area contributed by atoms with E-state index in [0.29, 0.717) is 11.3 Å². The average molecular weight is 204 g/mol. The van der Waals surface area contributed by atoms with E-state index in [0.717, 1.165) is 17.5 Å². The molecule has 0 radical (unpaired) electrons. The molecule has 0 amide bonds. The minimum absolute atomic E-state index is 0.330. The van der Waals surface area contributed by atoms with Crippen LogP contribution in [0.25, 0.3) is 10.9 Å². The lowest BCUT2D eigenvalue weighted by molar-refractivity contribution is 0.418. The lowest BCUT2D eigenvalue weighted by Crippen LogP contribution is -2.13. The second-order valence-corrected chi connectivity index (χ2v) is 3.23. The Labute approximate surface area is 86.9 Å². The summed E-state index contributed by atoms with van der Waals surface area (Å²) in [6.07, 6.45) is 0.765. The second kappa shape index (κ2) is 3.73. The van der Waals surface area contributed by atoms with Crippen molar-refractivity contribution in [1.82, 2.24) is 9.97 Å². The summed E-state index contributed by atoms with van der Waals surface area (Å²) in [6.45, 7) is 1.99. The number of fused-ring (bicyclic) bond motifs is 1. The molecule has 15 heavy (non-hydrogen) atoms. The molecule has 0 saturated carbocycles. The van der Waals surface area contributed by atoms with Crippen molar-refractivity contribution >= 4 is 10.9 Å². The standard InChI is InChI=1S/C11H12N2O2/c1-3-8-7-5-4-6-9(15-2)10(7)13-11(14)12-8/h4-6H,3H2,1-2H3,(H,12,13,14). The number of nitrogens with zero attached hydrogens (tertiary/aromatic N) is 1. The molecule has 78 valence electrons. The van der Waals surface area contributed by atoms with E-state index in [1.165, 1.54) is 0 Å².